The first-order valence-corrected chi connectivity index (χ1v) is 8.85. The first-order chi connectivity index (χ1) is 9.44. The summed E-state index contributed by atoms with van der Waals surface area (Å²) in [7, 11) is 0. The van der Waals surface area contributed by atoms with Crippen LogP contribution in [0.15, 0.2) is 23.6 Å². The Balaban J connectivity index is 2.46. The number of thiophene rings is 1. The van der Waals surface area contributed by atoms with Gasteiger partial charge in [0, 0.05) is 4.70 Å². The molecule has 0 saturated heterocycles. The van der Waals surface area contributed by atoms with Crippen LogP contribution in [-0.4, -0.2) is 0 Å². The van der Waals surface area contributed by atoms with Crippen LogP contribution >= 0.6 is 11.3 Å². The zero-order valence-electron chi connectivity index (χ0n) is 14.7. The Bertz CT molecular complexity index is 651. The van der Waals surface area contributed by atoms with E-state index in [2.05, 4.69) is 79.0 Å². The van der Waals surface area contributed by atoms with Gasteiger partial charge in [-0.05, 0) is 61.8 Å². The van der Waals surface area contributed by atoms with Crippen molar-refractivity contribution in [1.82, 2.24) is 0 Å². The molecule has 0 aliphatic heterocycles. The van der Waals surface area contributed by atoms with Crippen LogP contribution in [0, 0.1) is 10.8 Å². The van der Waals surface area contributed by atoms with Gasteiger partial charge in [-0.1, -0.05) is 55.4 Å². The van der Waals surface area contributed by atoms with E-state index in [0.717, 1.165) is 0 Å². The number of hydrogen-bond donors (Lipinski definition) is 0. The van der Waals surface area contributed by atoms with Gasteiger partial charge in [0.15, 0.2) is 0 Å². The van der Waals surface area contributed by atoms with E-state index in [9.17, 15) is 0 Å². The Morgan fingerprint density at radius 3 is 1.71 bits per heavy atom. The van der Waals surface area contributed by atoms with Gasteiger partial charge in [-0.2, -0.15) is 0 Å². The van der Waals surface area contributed by atoms with E-state index >= 15 is 0 Å². The fourth-order valence-corrected chi connectivity index (χ4v) is 5.09. The fraction of sp³-hybridized carbons (Fsp3) is 0.600. The van der Waals surface area contributed by atoms with Gasteiger partial charge in [-0.25, -0.2) is 0 Å². The number of benzene rings is 1. The van der Waals surface area contributed by atoms with Crippen molar-refractivity contribution in [2.24, 2.45) is 10.8 Å². The van der Waals surface area contributed by atoms with Crippen LogP contribution in [0.2, 0.25) is 0 Å². The van der Waals surface area contributed by atoms with Crippen LogP contribution in [0.5, 0.6) is 0 Å². The van der Waals surface area contributed by atoms with Crippen molar-refractivity contribution >= 4 is 21.4 Å². The number of rotatable bonds is 0. The minimum atomic E-state index is 0.164. The minimum Gasteiger partial charge on any atom is -0.144 e. The molecule has 0 radical (unpaired) electrons. The molecule has 0 amide bonds. The lowest BCUT2D eigenvalue weighted by molar-refractivity contribution is -0.0439. The molecule has 1 aliphatic rings. The Kier molecular flexibility index (Phi) is 2.82. The zero-order chi connectivity index (χ0) is 15.8. The maximum atomic E-state index is 2.47. The monoisotopic (exact) mass is 300 g/mol. The Hall–Kier alpha value is -0.820. The van der Waals surface area contributed by atoms with E-state index in [4.69, 9.17) is 0 Å². The molecule has 1 heteroatoms. The van der Waals surface area contributed by atoms with Crippen molar-refractivity contribution in [3.8, 4) is 0 Å². The summed E-state index contributed by atoms with van der Waals surface area (Å²) in [6.07, 6.45) is 0. The van der Waals surface area contributed by atoms with Crippen LogP contribution in [-0.2, 0) is 10.8 Å². The van der Waals surface area contributed by atoms with Gasteiger partial charge < -0.3 is 0 Å². The zero-order valence-corrected chi connectivity index (χ0v) is 15.5. The van der Waals surface area contributed by atoms with Gasteiger partial charge in [-0.3, -0.25) is 0 Å². The molecular weight excluding hydrogens is 272 g/mol. The molecule has 0 nitrogen and oxygen atoms in total. The van der Waals surface area contributed by atoms with Crippen molar-refractivity contribution in [2.75, 3.05) is 0 Å². The Morgan fingerprint density at radius 2 is 1.19 bits per heavy atom. The predicted octanol–water partition coefficient (Wildman–Crippen LogP) is 6.52. The minimum absolute atomic E-state index is 0.164. The van der Waals surface area contributed by atoms with E-state index in [1.807, 2.05) is 11.3 Å². The summed E-state index contributed by atoms with van der Waals surface area (Å²) in [6.45, 7) is 19.5. The SMILES string of the molecule is CC1(C)c2cc3ccsc3cc2C(C)(C)C(C)(C)C1(C)C. The first kappa shape index (κ1) is 15.1. The van der Waals surface area contributed by atoms with Gasteiger partial charge >= 0.3 is 0 Å². The lowest BCUT2D eigenvalue weighted by Gasteiger charge is -2.64. The lowest BCUT2D eigenvalue weighted by atomic mass is 9.40. The third-order valence-corrected chi connectivity index (χ3v) is 8.51. The molecule has 0 N–H and O–H groups in total. The summed E-state index contributed by atoms with van der Waals surface area (Å²) in [5.41, 5.74) is 3.87. The second kappa shape index (κ2) is 3.93. The average molecular weight is 301 g/mol. The van der Waals surface area contributed by atoms with E-state index < -0.39 is 0 Å². The van der Waals surface area contributed by atoms with Crippen LogP contribution in [0.1, 0.15) is 66.5 Å². The summed E-state index contributed by atoms with van der Waals surface area (Å²) >= 11 is 1.86. The highest BCUT2D eigenvalue weighted by Gasteiger charge is 2.60. The topological polar surface area (TPSA) is 0 Å². The largest absolute Gasteiger partial charge is 0.144 e. The highest BCUT2D eigenvalue weighted by molar-refractivity contribution is 7.17. The number of hydrogen-bond acceptors (Lipinski definition) is 1. The van der Waals surface area contributed by atoms with Crippen molar-refractivity contribution in [2.45, 2.75) is 66.2 Å². The van der Waals surface area contributed by atoms with Gasteiger partial charge in [0.25, 0.3) is 0 Å². The van der Waals surface area contributed by atoms with E-state index in [1.54, 1.807) is 11.1 Å². The molecule has 1 heterocycles. The Labute approximate surface area is 133 Å². The summed E-state index contributed by atoms with van der Waals surface area (Å²) in [5.74, 6) is 0. The molecule has 0 saturated carbocycles. The highest BCUT2D eigenvalue weighted by Crippen LogP contribution is 2.65. The molecule has 1 aromatic heterocycles. The summed E-state index contributed by atoms with van der Waals surface area (Å²) in [5, 5.41) is 3.62. The van der Waals surface area contributed by atoms with Gasteiger partial charge in [0.1, 0.15) is 0 Å². The van der Waals surface area contributed by atoms with Crippen molar-refractivity contribution in [3.05, 3.63) is 34.7 Å². The molecule has 114 valence electrons. The predicted molar refractivity (Wildman–Crippen MR) is 95.4 cm³/mol. The maximum Gasteiger partial charge on any atom is 0.0345 e. The molecule has 1 aliphatic carbocycles. The Morgan fingerprint density at radius 1 is 0.714 bits per heavy atom. The third-order valence-electron chi connectivity index (χ3n) is 7.63. The molecular formula is C20H28S. The van der Waals surface area contributed by atoms with Gasteiger partial charge in [0.05, 0.1) is 0 Å². The normalized spacial score (nSPS) is 24.8. The molecule has 0 spiro atoms. The quantitative estimate of drug-likeness (QED) is 0.519. The van der Waals surface area contributed by atoms with Crippen LogP contribution in [0.25, 0.3) is 10.1 Å². The van der Waals surface area contributed by atoms with Crippen LogP contribution in [0.4, 0.5) is 0 Å². The van der Waals surface area contributed by atoms with Crippen molar-refractivity contribution in [1.29, 1.82) is 0 Å². The number of fused-ring (bicyclic) bond motifs is 2. The van der Waals surface area contributed by atoms with Crippen LogP contribution in [0.3, 0.4) is 0 Å². The van der Waals surface area contributed by atoms with Crippen LogP contribution < -0.4 is 0 Å². The molecule has 1 aromatic carbocycles. The standard InChI is InChI=1S/C20H28S/c1-17(2)14-11-13-9-10-21-16(13)12-15(14)18(3,4)20(7,8)19(17,5)6/h9-12H,1-8H3. The molecule has 0 unspecified atom stereocenters. The van der Waals surface area contributed by atoms with E-state index in [0.29, 0.717) is 0 Å². The summed E-state index contributed by atoms with van der Waals surface area (Å²) in [6, 6.07) is 7.18. The van der Waals surface area contributed by atoms with Crippen molar-refractivity contribution in [3.63, 3.8) is 0 Å². The van der Waals surface area contributed by atoms with E-state index in [-0.39, 0.29) is 21.7 Å². The average Bonchev–Trinajstić information content (AvgIpc) is 2.82. The molecule has 2 aromatic rings. The molecule has 21 heavy (non-hydrogen) atoms. The fourth-order valence-electron chi connectivity index (χ4n) is 4.28. The van der Waals surface area contributed by atoms with Gasteiger partial charge in [0.2, 0.25) is 0 Å². The van der Waals surface area contributed by atoms with Crippen molar-refractivity contribution < 1.29 is 0 Å². The summed E-state index contributed by atoms with van der Waals surface area (Å²) in [4.78, 5) is 0. The molecule has 0 bridgehead atoms. The first-order valence-electron chi connectivity index (χ1n) is 7.97. The van der Waals surface area contributed by atoms with Gasteiger partial charge in [-0.15, -0.1) is 11.3 Å². The second-order valence-corrected chi connectivity index (χ2v) is 9.80. The smallest absolute Gasteiger partial charge is 0.0345 e. The summed E-state index contributed by atoms with van der Waals surface area (Å²) < 4.78 is 1.42. The molecule has 0 atom stereocenters. The highest BCUT2D eigenvalue weighted by atomic mass is 32.1. The third kappa shape index (κ3) is 1.56. The second-order valence-electron chi connectivity index (χ2n) is 8.86. The maximum absolute atomic E-state index is 2.47. The van der Waals surface area contributed by atoms with E-state index in [1.165, 1.54) is 10.1 Å². The molecule has 0 fully saturated rings. The lowest BCUT2D eigenvalue weighted by Crippen LogP contribution is -2.59. The molecule has 3 rings (SSSR count).